The molecule has 0 atom stereocenters. The van der Waals surface area contributed by atoms with Crippen molar-refractivity contribution in [1.29, 1.82) is 10.5 Å². The van der Waals surface area contributed by atoms with E-state index in [0.29, 0.717) is 5.57 Å². The van der Waals surface area contributed by atoms with E-state index in [1.165, 1.54) is 0 Å². The average Bonchev–Trinajstić information content (AvgIpc) is 1.86. The van der Waals surface area contributed by atoms with Gasteiger partial charge in [0.1, 0.15) is 0 Å². The summed E-state index contributed by atoms with van der Waals surface area (Å²) < 4.78 is 0.944. The quantitative estimate of drug-likeness (QED) is 0.484. The van der Waals surface area contributed by atoms with Crippen molar-refractivity contribution in [3.8, 4) is 12.1 Å². The molecule has 1 saturated heterocycles. The Balaban J connectivity index is 2.77. The zero-order valence-corrected chi connectivity index (χ0v) is 9.94. The van der Waals surface area contributed by atoms with Gasteiger partial charge in [0.2, 0.25) is 0 Å². The molecule has 1 heterocycles. The van der Waals surface area contributed by atoms with Crippen molar-refractivity contribution in [3.63, 3.8) is 0 Å². The van der Waals surface area contributed by atoms with E-state index in [1.54, 1.807) is 20.2 Å². The van der Waals surface area contributed by atoms with Crippen molar-refractivity contribution in [1.82, 2.24) is 0 Å². The van der Waals surface area contributed by atoms with E-state index in [-0.39, 0.29) is 0 Å². The maximum absolute atomic E-state index is 8.50. The van der Waals surface area contributed by atoms with Gasteiger partial charge in [0.15, 0.2) is 0 Å². The summed E-state index contributed by atoms with van der Waals surface area (Å²) >= 11 is 0. The molecule has 0 bridgehead atoms. The van der Waals surface area contributed by atoms with Gasteiger partial charge in [-0.1, -0.05) is 0 Å². The molecule has 0 aromatic heterocycles. The van der Waals surface area contributed by atoms with Crippen LogP contribution in [0.1, 0.15) is 0 Å². The Morgan fingerprint density at radius 1 is 1.27 bits per heavy atom. The Morgan fingerprint density at radius 3 is 2.00 bits per heavy atom. The maximum atomic E-state index is 8.50. The predicted octanol–water partition coefficient (Wildman–Crippen LogP) is 2.43. The molecule has 1 fully saturated rings. The molecule has 0 amide bonds. The average molecular weight is 243 g/mol. The summed E-state index contributed by atoms with van der Waals surface area (Å²) in [6.07, 6.45) is 0. The summed E-state index contributed by atoms with van der Waals surface area (Å²) in [4.78, 5) is 0. The molecular weight excluding hydrogens is 237 g/mol. The zero-order chi connectivity index (χ0) is 8.48. The number of nitrogens with zero attached hydrogens (tertiary/aromatic N) is 2. The Morgan fingerprint density at radius 2 is 1.73 bits per heavy atom. The van der Waals surface area contributed by atoms with Crippen molar-refractivity contribution in [3.05, 3.63) is 9.81 Å². The molecule has 1 rings (SSSR count). The van der Waals surface area contributed by atoms with Crippen LogP contribution in [0, 0.1) is 22.7 Å². The van der Waals surface area contributed by atoms with Gasteiger partial charge in [-0.05, 0) is 0 Å². The van der Waals surface area contributed by atoms with Gasteiger partial charge in [-0.15, -0.1) is 0 Å². The molecule has 1 aliphatic rings. The van der Waals surface area contributed by atoms with Crippen LogP contribution in [0.25, 0.3) is 0 Å². The summed E-state index contributed by atoms with van der Waals surface area (Å²) in [7, 11) is 1.96. The van der Waals surface area contributed by atoms with E-state index in [2.05, 4.69) is 11.5 Å². The van der Waals surface area contributed by atoms with E-state index < -0.39 is 11.0 Å². The molecule has 0 radical (unpaired) electrons. The van der Waals surface area contributed by atoms with Gasteiger partial charge >= 0.3 is 75.1 Å². The molecule has 0 saturated carbocycles. The standard InChI is InChI=1S/C6H6GeN2S2/c1-7(2)10-6(11-7)5(3-8)4-9/h1-2H3. The molecule has 0 aliphatic carbocycles. The summed E-state index contributed by atoms with van der Waals surface area (Å²) in [5, 5.41) is 17.0. The van der Waals surface area contributed by atoms with E-state index in [1.807, 2.05) is 12.1 Å². The van der Waals surface area contributed by atoms with Crippen molar-refractivity contribution >= 4 is 31.2 Å². The molecule has 56 valence electrons. The van der Waals surface area contributed by atoms with Gasteiger partial charge in [0.05, 0.1) is 0 Å². The Bertz CT molecular complexity index is 269. The van der Waals surface area contributed by atoms with Crippen LogP contribution >= 0.6 is 20.2 Å². The third-order valence-corrected chi connectivity index (χ3v) is 16.6. The Kier molecular flexibility index (Phi) is 2.59. The second-order valence-electron chi connectivity index (χ2n) is 2.49. The molecule has 0 unspecified atom stereocenters. The normalized spacial score (nSPS) is 19.5. The SMILES string of the molecule is [CH3][Ge]1([CH3])[S]C(=C(C#N)C#N)[S]1. The Hall–Kier alpha value is -0.0371. The van der Waals surface area contributed by atoms with Gasteiger partial charge in [-0.2, -0.15) is 0 Å². The first-order valence-corrected chi connectivity index (χ1v) is 14.0. The first kappa shape index (κ1) is 9.05. The summed E-state index contributed by atoms with van der Waals surface area (Å²) in [5.41, 5.74) is 0.296. The van der Waals surface area contributed by atoms with Crippen LogP contribution in [0.5, 0.6) is 0 Å². The Labute approximate surface area is 75.0 Å². The molecule has 11 heavy (non-hydrogen) atoms. The van der Waals surface area contributed by atoms with E-state index in [9.17, 15) is 0 Å². The fourth-order valence-electron chi connectivity index (χ4n) is 0.672. The van der Waals surface area contributed by atoms with E-state index >= 15 is 0 Å². The summed E-state index contributed by atoms with van der Waals surface area (Å²) in [6, 6.07) is 3.80. The van der Waals surface area contributed by atoms with Crippen LogP contribution in [-0.2, 0) is 0 Å². The van der Waals surface area contributed by atoms with Crippen LogP contribution < -0.4 is 0 Å². The minimum absolute atomic E-state index is 0.296. The predicted molar refractivity (Wildman–Crippen MR) is 50.9 cm³/mol. The van der Waals surface area contributed by atoms with Gasteiger partial charge in [-0.3, -0.25) is 0 Å². The molecule has 0 aromatic rings. The van der Waals surface area contributed by atoms with Crippen LogP contribution in [0.15, 0.2) is 9.81 Å². The van der Waals surface area contributed by atoms with Crippen molar-refractivity contribution < 1.29 is 0 Å². The van der Waals surface area contributed by atoms with Gasteiger partial charge < -0.3 is 0 Å². The topological polar surface area (TPSA) is 47.6 Å². The number of rotatable bonds is 0. The van der Waals surface area contributed by atoms with Crippen molar-refractivity contribution in [2.75, 3.05) is 0 Å². The molecule has 5 heteroatoms. The summed E-state index contributed by atoms with van der Waals surface area (Å²) in [6.45, 7) is 0. The van der Waals surface area contributed by atoms with Gasteiger partial charge in [-0.25, -0.2) is 0 Å². The first-order chi connectivity index (χ1) is 5.09. The van der Waals surface area contributed by atoms with Crippen LogP contribution in [-0.4, -0.2) is 11.0 Å². The molecule has 0 spiro atoms. The minimum atomic E-state index is -1.58. The molecule has 0 N–H and O–H groups in total. The number of hydrogen-bond donors (Lipinski definition) is 0. The third kappa shape index (κ3) is 1.96. The van der Waals surface area contributed by atoms with Crippen LogP contribution in [0.4, 0.5) is 0 Å². The fraction of sp³-hybridized carbons (Fsp3) is 0.333. The van der Waals surface area contributed by atoms with Crippen LogP contribution in [0.3, 0.4) is 0 Å². The van der Waals surface area contributed by atoms with E-state index in [0.717, 1.165) is 4.24 Å². The summed E-state index contributed by atoms with van der Waals surface area (Å²) in [5.74, 6) is 4.51. The van der Waals surface area contributed by atoms with Gasteiger partial charge in [0, 0.05) is 0 Å². The number of allylic oxidation sites excluding steroid dienone is 1. The number of hydrogen-bond acceptors (Lipinski definition) is 4. The molecule has 2 nitrogen and oxygen atoms in total. The second kappa shape index (κ2) is 3.14. The zero-order valence-electron chi connectivity index (χ0n) is 6.21. The second-order valence-corrected chi connectivity index (χ2v) is 24.4. The van der Waals surface area contributed by atoms with Gasteiger partial charge in [0.25, 0.3) is 0 Å². The van der Waals surface area contributed by atoms with Crippen molar-refractivity contribution in [2.45, 2.75) is 11.5 Å². The number of nitriles is 2. The first-order valence-electron chi connectivity index (χ1n) is 3.01. The molecular formula is C6H6GeN2S2. The third-order valence-electron chi connectivity index (χ3n) is 1.10. The molecule has 0 aromatic carbocycles. The van der Waals surface area contributed by atoms with E-state index in [4.69, 9.17) is 10.5 Å². The monoisotopic (exact) mass is 244 g/mol. The fourth-order valence-corrected chi connectivity index (χ4v) is 16.8. The molecule has 1 aliphatic heterocycles. The van der Waals surface area contributed by atoms with Crippen molar-refractivity contribution in [2.24, 2.45) is 0 Å². The van der Waals surface area contributed by atoms with Crippen LogP contribution in [0.2, 0.25) is 11.5 Å².